The molecule has 1 aromatic rings. The average molecular weight is 229 g/mol. The molecule has 0 amide bonds. The van der Waals surface area contributed by atoms with E-state index in [1.54, 1.807) is 30.1 Å². The van der Waals surface area contributed by atoms with E-state index in [0.29, 0.717) is 12.3 Å². The van der Waals surface area contributed by atoms with Gasteiger partial charge >= 0.3 is 5.97 Å². The molecule has 0 bridgehead atoms. The number of hydrogen-bond acceptors (Lipinski definition) is 5. The minimum Gasteiger partial charge on any atom is -0.461 e. The number of ether oxygens (including phenoxy) is 1. The largest absolute Gasteiger partial charge is 0.461 e. The summed E-state index contributed by atoms with van der Waals surface area (Å²) >= 11 is 3.01. The summed E-state index contributed by atoms with van der Waals surface area (Å²) in [6.07, 6.45) is 1.80. The fourth-order valence-corrected chi connectivity index (χ4v) is 2.31. The van der Waals surface area contributed by atoms with Crippen LogP contribution in [0, 0.1) is 0 Å². The molecule has 3 nitrogen and oxygen atoms in total. The van der Waals surface area contributed by atoms with Gasteiger partial charge in [-0.2, -0.15) is 0 Å². The molecule has 1 rings (SSSR count). The quantitative estimate of drug-likeness (QED) is 0.442. The Morgan fingerprint density at radius 2 is 2.64 bits per heavy atom. The summed E-state index contributed by atoms with van der Waals surface area (Å²) in [4.78, 5) is 15.3. The molecule has 14 heavy (non-hydrogen) atoms. The lowest BCUT2D eigenvalue weighted by Crippen LogP contribution is -2.04. The minimum absolute atomic E-state index is 0.353. The number of thiazole rings is 1. The maximum atomic E-state index is 11.2. The van der Waals surface area contributed by atoms with Gasteiger partial charge in [0, 0.05) is 11.1 Å². The molecule has 0 saturated heterocycles. The Hall–Kier alpha value is -0.810. The average Bonchev–Trinajstić information content (AvgIpc) is 2.63. The monoisotopic (exact) mass is 229 g/mol. The number of carbonyl (C=O) groups is 1. The number of esters is 1. The van der Waals surface area contributed by atoms with Gasteiger partial charge in [0.05, 0.1) is 6.61 Å². The third kappa shape index (κ3) is 3.16. The van der Waals surface area contributed by atoms with Crippen molar-refractivity contribution in [3.05, 3.63) is 23.7 Å². The van der Waals surface area contributed by atoms with Crippen LogP contribution in [0.2, 0.25) is 0 Å². The van der Waals surface area contributed by atoms with Crippen LogP contribution in [0.1, 0.15) is 17.4 Å². The first-order valence-corrected chi connectivity index (χ1v) is 6.00. The Morgan fingerprint density at radius 1 is 1.86 bits per heavy atom. The SMILES string of the molecule is C=CCSc1nc(C(=O)OCC)cs1. The predicted octanol–water partition coefficient (Wildman–Crippen LogP) is 2.60. The fourth-order valence-electron chi connectivity index (χ4n) is 0.753. The van der Waals surface area contributed by atoms with Gasteiger partial charge in [-0.05, 0) is 6.92 Å². The Bertz CT molecular complexity index is 322. The van der Waals surface area contributed by atoms with Gasteiger partial charge in [-0.3, -0.25) is 0 Å². The Kier molecular flexibility index (Phi) is 4.69. The van der Waals surface area contributed by atoms with Crippen LogP contribution in [0.3, 0.4) is 0 Å². The van der Waals surface area contributed by atoms with Gasteiger partial charge in [0.25, 0.3) is 0 Å². The summed E-state index contributed by atoms with van der Waals surface area (Å²) in [5.74, 6) is 0.449. The van der Waals surface area contributed by atoms with E-state index >= 15 is 0 Å². The summed E-state index contributed by atoms with van der Waals surface area (Å²) in [6.45, 7) is 5.77. The lowest BCUT2D eigenvalue weighted by molar-refractivity contribution is 0.0520. The van der Waals surface area contributed by atoms with Gasteiger partial charge in [-0.25, -0.2) is 9.78 Å². The van der Waals surface area contributed by atoms with E-state index in [9.17, 15) is 4.79 Å². The van der Waals surface area contributed by atoms with Crippen LogP contribution in [0.15, 0.2) is 22.4 Å². The highest BCUT2D eigenvalue weighted by molar-refractivity contribution is 8.01. The van der Waals surface area contributed by atoms with E-state index in [4.69, 9.17) is 4.74 Å². The zero-order chi connectivity index (χ0) is 10.4. The van der Waals surface area contributed by atoms with Crippen molar-refractivity contribution in [2.45, 2.75) is 11.3 Å². The molecule has 76 valence electrons. The van der Waals surface area contributed by atoms with E-state index in [0.717, 1.165) is 10.1 Å². The van der Waals surface area contributed by atoms with E-state index in [1.807, 2.05) is 0 Å². The molecule has 0 aliphatic heterocycles. The predicted molar refractivity (Wildman–Crippen MR) is 59.0 cm³/mol. The summed E-state index contributed by atoms with van der Waals surface area (Å²) in [5, 5.41) is 1.71. The van der Waals surface area contributed by atoms with Crippen molar-refractivity contribution in [1.29, 1.82) is 0 Å². The van der Waals surface area contributed by atoms with Crippen molar-refractivity contribution in [2.24, 2.45) is 0 Å². The van der Waals surface area contributed by atoms with Gasteiger partial charge < -0.3 is 4.74 Å². The lowest BCUT2D eigenvalue weighted by Gasteiger charge is -1.95. The molecule has 0 spiro atoms. The van der Waals surface area contributed by atoms with E-state index < -0.39 is 0 Å². The van der Waals surface area contributed by atoms with Crippen LogP contribution in [0.4, 0.5) is 0 Å². The van der Waals surface area contributed by atoms with Crippen LogP contribution in [0.25, 0.3) is 0 Å². The van der Waals surface area contributed by atoms with E-state index in [1.165, 1.54) is 11.3 Å². The van der Waals surface area contributed by atoms with Gasteiger partial charge in [0.2, 0.25) is 0 Å². The molecular weight excluding hydrogens is 218 g/mol. The van der Waals surface area contributed by atoms with Crippen LogP contribution < -0.4 is 0 Å². The third-order valence-corrected chi connectivity index (χ3v) is 3.31. The van der Waals surface area contributed by atoms with E-state index in [-0.39, 0.29) is 5.97 Å². The number of thioether (sulfide) groups is 1. The van der Waals surface area contributed by atoms with Gasteiger partial charge in [0.15, 0.2) is 10.0 Å². The summed E-state index contributed by atoms with van der Waals surface area (Å²) < 4.78 is 5.69. The molecule has 5 heteroatoms. The molecule has 0 unspecified atom stereocenters. The number of aromatic nitrogens is 1. The number of hydrogen-bond donors (Lipinski definition) is 0. The van der Waals surface area contributed by atoms with Gasteiger partial charge in [0.1, 0.15) is 0 Å². The minimum atomic E-state index is -0.353. The number of carbonyl (C=O) groups excluding carboxylic acids is 1. The number of nitrogens with zero attached hydrogens (tertiary/aromatic N) is 1. The highest BCUT2D eigenvalue weighted by Gasteiger charge is 2.10. The Balaban J connectivity index is 2.58. The zero-order valence-electron chi connectivity index (χ0n) is 7.86. The molecule has 0 saturated carbocycles. The second-order valence-corrected chi connectivity index (χ2v) is 4.44. The molecule has 1 heterocycles. The molecule has 1 aromatic heterocycles. The smallest absolute Gasteiger partial charge is 0.357 e. The first kappa shape index (κ1) is 11.3. The van der Waals surface area contributed by atoms with Crippen molar-refractivity contribution in [3.63, 3.8) is 0 Å². The second kappa shape index (κ2) is 5.82. The maximum Gasteiger partial charge on any atom is 0.357 e. The molecule has 0 aliphatic rings. The van der Waals surface area contributed by atoms with Crippen molar-refractivity contribution in [2.75, 3.05) is 12.4 Å². The standard InChI is InChI=1S/C9H11NO2S2/c1-3-5-13-9-10-7(6-14-9)8(11)12-4-2/h3,6H,1,4-5H2,2H3. The van der Waals surface area contributed by atoms with Crippen molar-refractivity contribution in [1.82, 2.24) is 4.98 Å². The summed E-state index contributed by atoms with van der Waals surface area (Å²) in [6, 6.07) is 0. The maximum absolute atomic E-state index is 11.2. The first-order chi connectivity index (χ1) is 6.77. The van der Waals surface area contributed by atoms with Crippen molar-refractivity contribution < 1.29 is 9.53 Å². The van der Waals surface area contributed by atoms with Crippen LogP contribution >= 0.6 is 23.1 Å². The Morgan fingerprint density at radius 3 is 3.29 bits per heavy atom. The molecule has 0 atom stereocenters. The highest BCUT2D eigenvalue weighted by Crippen LogP contribution is 2.22. The fraction of sp³-hybridized carbons (Fsp3) is 0.333. The third-order valence-electron chi connectivity index (χ3n) is 1.29. The molecule has 0 fully saturated rings. The second-order valence-electron chi connectivity index (χ2n) is 2.32. The van der Waals surface area contributed by atoms with Crippen molar-refractivity contribution in [3.8, 4) is 0 Å². The topological polar surface area (TPSA) is 39.2 Å². The molecular formula is C9H11NO2S2. The first-order valence-electron chi connectivity index (χ1n) is 4.14. The van der Waals surface area contributed by atoms with Gasteiger partial charge in [-0.1, -0.05) is 17.8 Å². The van der Waals surface area contributed by atoms with Crippen LogP contribution in [-0.4, -0.2) is 23.3 Å². The van der Waals surface area contributed by atoms with E-state index in [2.05, 4.69) is 11.6 Å². The zero-order valence-corrected chi connectivity index (χ0v) is 9.49. The Labute approximate surface area is 91.2 Å². The number of rotatable bonds is 5. The summed E-state index contributed by atoms with van der Waals surface area (Å²) in [5.41, 5.74) is 0.392. The van der Waals surface area contributed by atoms with Crippen LogP contribution in [0.5, 0.6) is 0 Å². The molecule has 0 aromatic carbocycles. The lowest BCUT2D eigenvalue weighted by atomic mass is 10.5. The molecule has 0 radical (unpaired) electrons. The normalized spacial score (nSPS) is 9.79. The van der Waals surface area contributed by atoms with Crippen LogP contribution in [-0.2, 0) is 4.74 Å². The molecule has 0 aliphatic carbocycles. The van der Waals surface area contributed by atoms with Crippen molar-refractivity contribution >= 4 is 29.1 Å². The van der Waals surface area contributed by atoms with Gasteiger partial charge in [-0.15, -0.1) is 17.9 Å². The summed E-state index contributed by atoms with van der Waals surface area (Å²) in [7, 11) is 0. The highest BCUT2D eigenvalue weighted by atomic mass is 32.2. The molecule has 0 N–H and O–H groups in total.